The van der Waals surface area contributed by atoms with Gasteiger partial charge in [-0.3, -0.25) is 9.69 Å². The van der Waals surface area contributed by atoms with E-state index in [1.807, 2.05) is 55.5 Å². The van der Waals surface area contributed by atoms with Gasteiger partial charge in [0.15, 0.2) is 0 Å². The number of carbonyl (C=O) groups is 1. The van der Waals surface area contributed by atoms with Gasteiger partial charge in [-0.05, 0) is 36.3 Å². The highest BCUT2D eigenvalue weighted by Gasteiger charge is 2.31. The van der Waals surface area contributed by atoms with Gasteiger partial charge in [0.25, 0.3) is 5.91 Å². The van der Waals surface area contributed by atoms with Gasteiger partial charge in [-0.2, -0.15) is 5.26 Å². The second kappa shape index (κ2) is 5.26. The van der Waals surface area contributed by atoms with Gasteiger partial charge in [0, 0.05) is 11.3 Å². The maximum atomic E-state index is 12.7. The van der Waals surface area contributed by atoms with Crippen molar-refractivity contribution in [2.75, 3.05) is 0 Å². The zero-order valence-corrected chi connectivity index (χ0v) is 11.7. The molecule has 0 saturated heterocycles. The van der Waals surface area contributed by atoms with Crippen LogP contribution in [0.2, 0.25) is 0 Å². The van der Waals surface area contributed by atoms with E-state index in [2.05, 4.69) is 6.07 Å². The molecule has 2 aromatic rings. The first-order valence-electron chi connectivity index (χ1n) is 6.78. The Morgan fingerprint density at radius 3 is 2.48 bits per heavy atom. The first-order valence-corrected chi connectivity index (χ1v) is 6.78. The van der Waals surface area contributed by atoms with Gasteiger partial charge in [-0.1, -0.05) is 42.5 Å². The summed E-state index contributed by atoms with van der Waals surface area (Å²) in [6.07, 6.45) is 1.95. The van der Waals surface area contributed by atoms with Gasteiger partial charge in [0.2, 0.25) is 0 Å². The van der Waals surface area contributed by atoms with Crippen LogP contribution in [0.3, 0.4) is 0 Å². The standard InChI is InChI=1S/C18H14N2O/c1-13-11-15-9-5-6-10-16(15)17(12-19)20(13)18(21)14-7-3-2-4-8-14/h2-11,17H,1H3/t17-/m1/s1. The number of hydrogen-bond donors (Lipinski definition) is 0. The summed E-state index contributed by atoms with van der Waals surface area (Å²) < 4.78 is 0. The molecule has 1 aliphatic heterocycles. The second-order valence-corrected chi connectivity index (χ2v) is 4.99. The third kappa shape index (κ3) is 2.21. The first-order chi connectivity index (χ1) is 10.2. The minimum absolute atomic E-state index is 0.148. The second-order valence-electron chi connectivity index (χ2n) is 4.99. The summed E-state index contributed by atoms with van der Waals surface area (Å²) in [4.78, 5) is 14.3. The number of benzene rings is 2. The Balaban J connectivity index is 2.08. The van der Waals surface area contributed by atoms with Gasteiger partial charge in [0.05, 0.1) is 6.07 Å². The molecule has 3 heteroatoms. The molecule has 0 N–H and O–H groups in total. The zero-order valence-electron chi connectivity index (χ0n) is 11.7. The predicted molar refractivity (Wildman–Crippen MR) is 81.1 cm³/mol. The number of nitrogens with zero attached hydrogens (tertiary/aromatic N) is 2. The van der Waals surface area contributed by atoms with Crippen LogP contribution in [-0.2, 0) is 0 Å². The maximum absolute atomic E-state index is 12.7. The van der Waals surface area contributed by atoms with Gasteiger partial charge in [-0.15, -0.1) is 0 Å². The van der Waals surface area contributed by atoms with E-state index in [4.69, 9.17) is 0 Å². The van der Waals surface area contributed by atoms with Crippen molar-refractivity contribution in [3.63, 3.8) is 0 Å². The molecule has 1 heterocycles. The molecule has 1 aliphatic rings. The van der Waals surface area contributed by atoms with Crippen LogP contribution in [0.4, 0.5) is 0 Å². The molecule has 3 rings (SSSR count). The summed E-state index contributed by atoms with van der Waals surface area (Å²) >= 11 is 0. The Labute approximate surface area is 123 Å². The number of fused-ring (bicyclic) bond motifs is 1. The predicted octanol–water partition coefficient (Wildman–Crippen LogP) is 3.77. The van der Waals surface area contributed by atoms with Crippen molar-refractivity contribution in [3.05, 3.63) is 77.0 Å². The normalized spacial score (nSPS) is 16.7. The number of carbonyl (C=O) groups excluding carboxylic acids is 1. The van der Waals surface area contributed by atoms with Crippen molar-refractivity contribution in [1.82, 2.24) is 4.90 Å². The molecular weight excluding hydrogens is 260 g/mol. The molecule has 2 aromatic carbocycles. The van der Waals surface area contributed by atoms with Gasteiger partial charge in [0.1, 0.15) is 6.04 Å². The SMILES string of the molecule is CC1=Cc2ccccc2[C@@H](C#N)N1C(=O)c1ccccc1. The lowest BCUT2D eigenvalue weighted by Gasteiger charge is -2.32. The van der Waals surface area contributed by atoms with E-state index in [0.29, 0.717) is 5.56 Å². The lowest BCUT2D eigenvalue weighted by Crippen LogP contribution is -2.35. The molecular formula is C18H14N2O. The highest BCUT2D eigenvalue weighted by atomic mass is 16.2. The van der Waals surface area contributed by atoms with Crippen LogP contribution in [0.15, 0.2) is 60.3 Å². The average Bonchev–Trinajstić information content (AvgIpc) is 2.53. The van der Waals surface area contributed by atoms with Crippen LogP contribution in [0.1, 0.15) is 34.5 Å². The minimum atomic E-state index is -0.584. The molecule has 0 aromatic heterocycles. The van der Waals surface area contributed by atoms with Crippen molar-refractivity contribution in [3.8, 4) is 6.07 Å². The largest absolute Gasteiger partial charge is 0.292 e. The van der Waals surface area contributed by atoms with E-state index in [-0.39, 0.29) is 5.91 Å². The van der Waals surface area contributed by atoms with Crippen LogP contribution < -0.4 is 0 Å². The molecule has 102 valence electrons. The summed E-state index contributed by atoms with van der Waals surface area (Å²) in [7, 11) is 0. The van der Waals surface area contributed by atoms with E-state index in [1.165, 1.54) is 0 Å². The van der Waals surface area contributed by atoms with E-state index >= 15 is 0 Å². The van der Waals surface area contributed by atoms with Crippen molar-refractivity contribution < 1.29 is 4.79 Å². The van der Waals surface area contributed by atoms with Crippen molar-refractivity contribution in [1.29, 1.82) is 5.26 Å². The number of hydrogen-bond acceptors (Lipinski definition) is 2. The molecule has 0 fully saturated rings. The third-order valence-electron chi connectivity index (χ3n) is 3.65. The summed E-state index contributed by atoms with van der Waals surface area (Å²) in [5.74, 6) is -0.148. The summed E-state index contributed by atoms with van der Waals surface area (Å²) in [5, 5.41) is 9.55. The fourth-order valence-electron chi connectivity index (χ4n) is 2.65. The van der Waals surface area contributed by atoms with Crippen LogP contribution in [0.5, 0.6) is 0 Å². The van der Waals surface area contributed by atoms with Crippen molar-refractivity contribution in [2.45, 2.75) is 13.0 Å². The van der Waals surface area contributed by atoms with Gasteiger partial charge >= 0.3 is 0 Å². The molecule has 0 aliphatic carbocycles. The number of rotatable bonds is 1. The smallest absolute Gasteiger partial charge is 0.259 e. The van der Waals surface area contributed by atoms with Gasteiger partial charge in [-0.25, -0.2) is 0 Å². The van der Waals surface area contributed by atoms with Crippen LogP contribution in [-0.4, -0.2) is 10.8 Å². The lowest BCUT2D eigenvalue weighted by molar-refractivity contribution is 0.0775. The van der Waals surface area contributed by atoms with Crippen molar-refractivity contribution in [2.24, 2.45) is 0 Å². The van der Waals surface area contributed by atoms with Crippen LogP contribution in [0, 0.1) is 11.3 Å². The molecule has 0 saturated carbocycles. The van der Waals surface area contributed by atoms with E-state index in [9.17, 15) is 10.1 Å². The molecule has 0 bridgehead atoms. The molecule has 0 radical (unpaired) electrons. The Kier molecular flexibility index (Phi) is 3.29. The van der Waals surface area contributed by atoms with Crippen LogP contribution >= 0.6 is 0 Å². The summed E-state index contributed by atoms with van der Waals surface area (Å²) in [6, 6.07) is 18.4. The highest BCUT2D eigenvalue weighted by molar-refractivity contribution is 5.96. The lowest BCUT2D eigenvalue weighted by atomic mass is 9.94. The fraction of sp³-hybridized carbons (Fsp3) is 0.111. The highest BCUT2D eigenvalue weighted by Crippen LogP contribution is 2.34. The topological polar surface area (TPSA) is 44.1 Å². The number of allylic oxidation sites excluding steroid dienone is 1. The fourth-order valence-corrected chi connectivity index (χ4v) is 2.65. The zero-order chi connectivity index (χ0) is 14.8. The van der Waals surface area contributed by atoms with E-state index < -0.39 is 6.04 Å². The molecule has 0 unspecified atom stereocenters. The van der Waals surface area contributed by atoms with Gasteiger partial charge < -0.3 is 0 Å². The van der Waals surface area contributed by atoms with Crippen molar-refractivity contribution >= 4 is 12.0 Å². The van der Waals surface area contributed by atoms with Crippen LogP contribution in [0.25, 0.3) is 6.08 Å². The Morgan fingerprint density at radius 1 is 1.10 bits per heavy atom. The van der Waals surface area contributed by atoms with E-state index in [1.54, 1.807) is 17.0 Å². The molecule has 1 amide bonds. The molecule has 0 spiro atoms. The monoisotopic (exact) mass is 274 g/mol. The molecule has 21 heavy (non-hydrogen) atoms. The molecule has 1 atom stereocenters. The summed E-state index contributed by atoms with van der Waals surface area (Å²) in [6.45, 7) is 1.86. The third-order valence-corrected chi connectivity index (χ3v) is 3.65. The Morgan fingerprint density at radius 2 is 1.76 bits per heavy atom. The quantitative estimate of drug-likeness (QED) is 0.794. The Bertz CT molecular complexity index is 756. The average molecular weight is 274 g/mol. The maximum Gasteiger partial charge on any atom is 0.259 e. The minimum Gasteiger partial charge on any atom is -0.292 e. The summed E-state index contributed by atoms with van der Waals surface area (Å²) in [5.41, 5.74) is 3.24. The van der Waals surface area contributed by atoms with E-state index in [0.717, 1.165) is 16.8 Å². The molecule has 3 nitrogen and oxygen atoms in total. The number of amides is 1. The number of nitriles is 1. The Hall–Kier alpha value is -2.86. The first kappa shape index (κ1) is 13.1.